The van der Waals surface area contributed by atoms with E-state index in [1.807, 2.05) is 6.07 Å². The second-order valence-corrected chi connectivity index (χ2v) is 4.99. The molecule has 1 aromatic carbocycles. The van der Waals surface area contributed by atoms with Gasteiger partial charge in [0.05, 0.1) is 0 Å². The second-order valence-electron chi connectivity index (χ2n) is 4.99. The molecule has 1 atom stereocenters. The van der Waals surface area contributed by atoms with Gasteiger partial charge in [-0.15, -0.1) is 0 Å². The van der Waals surface area contributed by atoms with Crippen LogP contribution in [0.4, 0.5) is 5.69 Å². The van der Waals surface area contributed by atoms with E-state index in [0.29, 0.717) is 12.5 Å². The van der Waals surface area contributed by atoms with E-state index in [1.165, 1.54) is 11.1 Å². The number of amides is 1. The number of anilines is 1. The maximum absolute atomic E-state index is 11.5. The van der Waals surface area contributed by atoms with E-state index in [0.717, 1.165) is 31.5 Å². The Morgan fingerprint density at radius 3 is 3.00 bits per heavy atom. The highest BCUT2D eigenvalue weighted by Gasteiger charge is 2.14. The molecule has 1 aliphatic rings. The predicted molar refractivity (Wildman–Crippen MR) is 74.7 cm³/mol. The van der Waals surface area contributed by atoms with E-state index in [9.17, 15) is 4.79 Å². The first-order valence-corrected chi connectivity index (χ1v) is 6.86. The third kappa shape index (κ3) is 3.10. The summed E-state index contributed by atoms with van der Waals surface area (Å²) in [6, 6.07) is 6.75. The Hall–Kier alpha value is -1.35. The fourth-order valence-corrected chi connectivity index (χ4v) is 2.34. The monoisotopic (exact) mass is 246 g/mol. The lowest BCUT2D eigenvalue weighted by atomic mass is 10.0. The third-order valence-electron chi connectivity index (χ3n) is 3.45. The van der Waals surface area contributed by atoms with Gasteiger partial charge in [-0.25, -0.2) is 0 Å². The van der Waals surface area contributed by atoms with Gasteiger partial charge in [0.1, 0.15) is 0 Å². The average Bonchev–Trinajstić information content (AvgIpc) is 2.55. The maximum Gasteiger partial charge on any atom is 0.224 e. The minimum Gasteiger partial charge on any atom is -0.326 e. The standard InChI is InChI=1S/C15H22N2O/c1-3-9-16-11(2)12-7-8-14-13(10-12)5-4-6-15(18)17-14/h7-8,10-11,16H,3-6,9H2,1-2H3,(H,17,18). The summed E-state index contributed by atoms with van der Waals surface area (Å²) >= 11 is 0. The number of carbonyl (C=O) groups is 1. The molecule has 98 valence electrons. The molecule has 0 aliphatic carbocycles. The van der Waals surface area contributed by atoms with Crippen molar-refractivity contribution in [3.63, 3.8) is 0 Å². The van der Waals surface area contributed by atoms with Crippen molar-refractivity contribution in [1.82, 2.24) is 5.32 Å². The molecule has 3 nitrogen and oxygen atoms in total. The third-order valence-corrected chi connectivity index (χ3v) is 3.45. The number of carbonyl (C=O) groups excluding carboxylic acids is 1. The van der Waals surface area contributed by atoms with Crippen molar-refractivity contribution in [3.05, 3.63) is 29.3 Å². The van der Waals surface area contributed by atoms with E-state index in [4.69, 9.17) is 0 Å². The Labute approximate surface area is 109 Å². The summed E-state index contributed by atoms with van der Waals surface area (Å²) in [4.78, 5) is 11.5. The molecular formula is C15H22N2O. The lowest BCUT2D eigenvalue weighted by molar-refractivity contribution is -0.116. The highest BCUT2D eigenvalue weighted by Crippen LogP contribution is 2.25. The summed E-state index contributed by atoms with van der Waals surface area (Å²) in [5.41, 5.74) is 3.56. The minimum absolute atomic E-state index is 0.138. The lowest BCUT2D eigenvalue weighted by Gasteiger charge is -2.16. The Kier molecular flexibility index (Phi) is 4.37. The first kappa shape index (κ1) is 13.1. The van der Waals surface area contributed by atoms with Crippen LogP contribution in [0.25, 0.3) is 0 Å². The minimum atomic E-state index is 0.138. The first-order chi connectivity index (χ1) is 8.70. The van der Waals surface area contributed by atoms with Crippen LogP contribution in [-0.4, -0.2) is 12.5 Å². The Bertz CT molecular complexity index is 429. The predicted octanol–water partition coefficient (Wildman–Crippen LogP) is 3.02. The van der Waals surface area contributed by atoms with E-state index in [1.54, 1.807) is 0 Å². The summed E-state index contributed by atoms with van der Waals surface area (Å²) in [6.45, 7) is 5.40. The molecule has 0 spiro atoms. The first-order valence-electron chi connectivity index (χ1n) is 6.86. The molecule has 0 saturated heterocycles. The fraction of sp³-hybridized carbons (Fsp3) is 0.533. The van der Waals surface area contributed by atoms with Gasteiger partial charge in [-0.3, -0.25) is 4.79 Å². The highest BCUT2D eigenvalue weighted by molar-refractivity contribution is 5.92. The van der Waals surface area contributed by atoms with Crippen molar-refractivity contribution >= 4 is 11.6 Å². The number of benzene rings is 1. The van der Waals surface area contributed by atoms with Gasteiger partial charge in [-0.2, -0.15) is 0 Å². The molecule has 2 rings (SSSR count). The SMILES string of the molecule is CCCNC(C)c1ccc2c(c1)CCCC(=O)N2. The van der Waals surface area contributed by atoms with Gasteiger partial charge in [0.2, 0.25) is 5.91 Å². The molecule has 18 heavy (non-hydrogen) atoms. The number of nitrogens with one attached hydrogen (secondary N) is 2. The molecule has 1 amide bonds. The van der Waals surface area contributed by atoms with Gasteiger partial charge in [-0.05, 0) is 49.9 Å². The van der Waals surface area contributed by atoms with Crippen LogP contribution in [0.15, 0.2) is 18.2 Å². The van der Waals surface area contributed by atoms with Crippen molar-refractivity contribution in [2.75, 3.05) is 11.9 Å². The van der Waals surface area contributed by atoms with Gasteiger partial charge < -0.3 is 10.6 Å². The summed E-state index contributed by atoms with van der Waals surface area (Å²) < 4.78 is 0. The number of rotatable bonds is 4. The number of fused-ring (bicyclic) bond motifs is 1. The molecule has 1 heterocycles. The highest BCUT2D eigenvalue weighted by atomic mass is 16.1. The molecule has 2 N–H and O–H groups in total. The van der Waals surface area contributed by atoms with Crippen LogP contribution in [0.1, 0.15) is 50.3 Å². The van der Waals surface area contributed by atoms with Gasteiger partial charge in [0.15, 0.2) is 0 Å². The summed E-state index contributed by atoms with van der Waals surface area (Å²) in [7, 11) is 0. The molecule has 0 fully saturated rings. The fourth-order valence-electron chi connectivity index (χ4n) is 2.34. The molecule has 0 saturated carbocycles. The van der Waals surface area contributed by atoms with Gasteiger partial charge in [0, 0.05) is 18.2 Å². The van der Waals surface area contributed by atoms with Crippen LogP contribution < -0.4 is 10.6 Å². The van der Waals surface area contributed by atoms with Crippen LogP contribution in [-0.2, 0) is 11.2 Å². The van der Waals surface area contributed by atoms with Crippen LogP contribution in [0, 0.1) is 0 Å². The second kappa shape index (κ2) is 6.01. The average molecular weight is 246 g/mol. The Balaban J connectivity index is 2.16. The normalized spacial score (nSPS) is 16.7. The zero-order valence-corrected chi connectivity index (χ0v) is 11.3. The quantitative estimate of drug-likeness (QED) is 0.857. The molecular weight excluding hydrogens is 224 g/mol. The van der Waals surface area contributed by atoms with Crippen molar-refractivity contribution in [2.24, 2.45) is 0 Å². The summed E-state index contributed by atoms with van der Waals surface area (Å²) in [6.07, 6.45) is 3.71. The molecule has 0 radical (unpaired) electrons. The number of hydrogen-bond acceptors (Lipinski definition) is 2. The van der Waals surface area contributed by atoms with Crippen molar-refractivity contribution in [2.45, 2.75) is 45.6 Å². The van der Waals surface area contributed by atoms with Gasteiger partial charge >= 0.3 is 0 Å². The van der Waals surface area contributed by atoms with E-state index >= 15 is 0 Å². The number of aryl methyl sites for hydroxylation is 1. The zero-order chi connectivity index (χ0) is 13.0. The zero-order valence-electron chi connectivity index (χ0n) is 11.3. The Morgan fingerprint density at radius 1 is 1.39 bits per heavy atom. The topological polar surface area (TPSA) is 41.1 Å². The molecule has 1 aromatic rings. The van der Waals surface area contributed by atoms with Crippen LogP contribution in [0.5, 0.6) is 0 Å². The molecule has 1 aliphatic heterocycles. The van der Waals surface area contributed by atoms with Gasteiger partial charge in [-0.1, -0.05) is 19.1 Å². The maximum atomic E-state index is 11.5. The molecule has 3 heteroatoms. The molecule has 1 unspecified atom stereocenters. The van der Waals surface area contributed by atoms with Crippen molar-refractivity contribution in [1.29, 1.82) is 0 Å². The van der Waals surface area contributed by atoms with Crippen molar-refractivity contribution < 1.29 is 4.79 Å². The largest absolute Gasteiger partial charge is 0.326 e. The van der Waals surface area contributed by atoms with E-state index < -0.39 is 0 Å². The number of hydrogen-bond donors (Lipinski definition) is 2. The van der Waals surface area contributed by atoms with Crippen LogP contribution in [0.3, 0.4) is 0 Å². The molecule has 0 aromatic heterocycles. The van der Waals surface area contributed by atoms with E-state index in [2.05, 4.69) is 36.6 Å². The lowest BCUT2D eigenvalue weighted by Crippen LogP contribution is -2.19. The van der Waals surface area contributed by atoms with Crippen molar-refractivity contribution in [3.8, 4) is 0 Å². The molecule has 0 bridgehead atoms. The summed E-state index contributed by atoms with van der Waals surface area (Å²) in [5, 5.41) is 6.46. The smallest absolute Gasteiger partial charge is 0.224 e. The van der Waals surface area contributed by atoms with Crippen LogP contribution in [0.2, 0.25) is 0 Å². The van der Waals surface area contributed by atoms with Crippen LogP contribution >= 0.6 is 0 Å². The summed E-state index contributed by atoms with van der Waals surface area (Å²) in [5.74, 6) is 0.138. The van der Waals surface area contributed by atoms with Gasteiger partial charge in [0.25, 0.3) is 0 Å². The Morgan fingerprint density at radius 2 is 2.22 bits per heavy atom. The van der Waals surface area contributed by atoms with E-state index in [-0.39, 0.29) is 5.91 Å².